The van der Waals surface area contributed by atoms with Crippen molar-refractivity contribution in [3.63, 3.8) is 0 Å². The zero-order valence-corrected chi connectivity index (χ0v) is 14.8. The molecule has 1 aromatic carbocycles. The maximum absolute atomic E-state index is 12.2. The topological polar surface area (TPSA) is 139 Å². The summed E-state index contributed by atoms with van der Waals surface area (Å²) in [5, 5.41) is 2.90. The van der Waals surface area contributed by atoms with Crippen molar-refractivity contribution in [1.82, 2.24) is 5.43 Å². The molecule has 1 heterocycles. The van der Waals surface area contributed by atoms with Gasteiger partial charge in [-0.25, -0.2) is 13.8 Å². The summed E-state index contributed by atoms with van der Waals surface area (Å²) < 4.78 is 52.6. The Kier molecular flexibility index (Phi) is 5.85. The molecule has 2 aromatic rings. The summed E-state index contributed by atoms with van der Waals surface area (Å²) in [5.41, 5.74) is 2.41. The molecule has 0 atom stereocenters. The number of ether oxygens (including phenoxy) is 3. The van der Waals surface area contributed by atoms with E-state index in [4.69, 9.17) is 18.6 Å². The maximum atomic E-state index is 12.2. The Hall–Kier alpha value is -3.05. The van der Waals surface area contributed by atoms with Gasteiger partial charge in [0.05, 0.1) is 27.5 Å². The van der Waals surface area contributed by atoms with Crippen molar-refractivity contribution in [2.75, 3.05) is 21.3 Å². The van der Waals surface area contributed by atoms with Crippen LogP contribution in [0.4, 0.5) is 0 Å². The largest absolute Gasteiger partial charge is 0.742 e. The van der Waals surface area contributed by atoms with Gasteiger partial charge in [-0.05, 0) is 24.3 Å². The van der Waals surface area contributed by atoms with Gasteiger partial charge < -0.3 is 23.2 Å². The van der Waals surface area contributed by atoms with Gasteiger partial charge in [0.25, 0.3) is 5.91 Å². The average molecular weight is 383 g/mol. The number of amides is 1. The number of hydrogen-bond acceptors (Lipinski definition) is 9. The zero-order valence-electron chi connectivity index (χ0n) is 14.0. The van der Waals surface area contributed by atoms with Crippen LogP contribution in [0.2, 0.25) is 0 Å². The van der Waals surface area contributed by atoms with E-state index >= 15 is 0 Å². The van der Waals surface area contributed by atoms with Gasteiger partial charge in [0, 0.05) is 5.56 Å². The van der Waals surface area contributed by atoms with Crippen molar-refractivity contribution in [2.24, 2.45) is 5.10 Å². The number of benzene rings is 1. The monoisotopic (exact) mass is 383 g/mol. The molecule has 0 spiro atoms. The lowest BCUT2D eigenvalue weighted by Gasteiger charge is -2.13. The van der Waals surface area contributed by atoms with Crippen LogP contribution in [0.1, 0.15) is 16.1 Å². The Balaban J connectivity index is 2.16. The number of carbonyl (C=O) groups excluding carboxylic acids is 1. The summed E-state index contributed by atoms with van der Waals surface area (Å²) in [6.07, 6.45) is 1.05. The second-order valence-corrected chi connectivity index (χ2v) is 6.03. The van der Waals surface area contributed by atoms with E-state index in [9.17, 15) is 17.8 Å². The SMILES string of the molecule is COc1cc(C(=O)NN=Cc2ccc(S(=O)(=O)[O-])o2)cc(OC)c1OC. The molecule has 10 nitrogen and oxygen atoms in total. The van der Waals surface area contributed by atoms with Crippen LogP contribution in [0.5, 0.6) is 17.2 Å². The third-order valence-corrected chi connectivity index (χ3v) is 3.85. The highest BCUT2D eigenvalue weighted by molar-refractivity contribution is 7.85. The number of furan rings is 1. The molecule has 11 heteroatoms. The van der Waals surface area contributed by atoms with Crippen LogP contribution in [0.25, 0.3) is 0 Å². The van der Waals surface area contributed by atoms with E-state index in [1.54, 1.807) is 0 Å². The smallest absolute Gasteiger partial charge is 0.271 e. The molecular formula is C15H15N2O8S-. The van der Waals surface area contributed by atoms with Crippen LogP contribution >= 0.6 is 0 Å². The molecule has 2 rings (SSSR count). The van der Waals surface area contributed by atoms with Crippen molar-refractivity contribution >= 4 is 22.2 Å². The number of nitrogens with zero attached hydrogens (tertiary/aromatic N) is 1. The molecule has 1 N–H and O–H groups in total. The minimum absolute atomic E-state index is 0.0235. The fourth-order valence-electron chi connectivity index (χ4n) is 1.97. The molecule has 0 bridgehead atoms. The minimum Gasteiger partial charge on any atom is -0.742 e. The first-order valence-corrected chi connectivity index (χ1v) is 8.40. The van der Waals surface area contributed by atoms with E-state index < -0.39 is 21.1 Å². The molecule has 0 aliphatic rings. The molecule has 0 fully saturated rings. The standard InChI is InChI=1S/C15H16N2O8S/c1-22-11-6-9(7-12(23-2)14(11)24-3)15(18)17-16-8-10-4-5-13(25-10)26(19,20)21/h4-8H,1-3H3,(H,17,18)(H,19,20,21)/p-1. The van der Waals surface area contributed by atoms with Gasteiger partial charge in [-0.1, -0.05) is 0 Å². The van der Waals surface area contributed by atoms with E-state index in [0.29, 0.717) is 5.75 Å². The number of rotatable bonds is 7. The fourth-order valence-corrected chi connectivity index (χ4v) is 2.40. The van der Waals surface area contributed by atoms with E-state index in [2.05, 4.69) is 10.5 Å². The summed E-state index contributed by atoms with van der Waals surface area (Å²) in [6.45, 7) is 0. The Morgan fingerprint density at radius 3 is 2.23 bits per heavy atom. The Morgan fingerprint density at radius 1 is 1.15 bits per heavy atom. The van der Waals surface area contributed by atoms with Crippen LogP contribution in [-0.2, 0) is 10.1 Å². The third-order valence-electron chi connectivity index (χ3n) is 3.13. The molecule has 1 amide bonds. The van der Waals surface area contributed by atoms with Crippen molar-refractivity contribution < 1.29 is 36.4 Å². The van der Waals surface area contributed by atoms with Crippen molar-refractivity contribution in [2.45, 2.75) is 5.09 Å². The third kappa shape index (κ3) is 4.32. The number of nitrogens with one attached hydrogen (secondary N) is 1. The quantitative estimate of drug-likeness (QED) is 0.424. The molecule has 0 saturated carbocycles. The van der Waals surface area contributed by atoms with Crippen LogP contribution in [0, 0.1) is 0 Å². The molecule has 1 aromatic heterocycles. The lowest BCUT2D eigenvalue weighted by molar-refractivity contribution is 0.0954. The van der Waals surface area contributed by atoms with Gasteiger partial charge in [0.2, 0.25) is 10.8 Å². The highest BCUT2D eigenvalue weighted by atomic mass is 32.2. The highest BCUT2D eigenvalue weighted by Gasteiger charge is 2.16. The molecule has 0 aliphatic carbocycles. The lowest BCUT2D eigenvalue weighted by Crippen LogP contribution is -2.18. The first-order chi connectivity index (χ1) is 12.3. The summed E-state index contributed by atoms with van der Waals surface area (Å²) in [5.74, 6) is 0.292. The Morgan fingerprint density at radius 2 is 1.77 bits per heavy atom. The van der Waals surface area contributed by atoms with Crippen molar-refractivity contribution in [1.29, 1.82) is 0 Å². The number of hydrogen-bond donors (Lipinski definition) is 1. The van der Waals surface area contributed by atoms with Crippen LogP contribution in [-0.4, -0.2) is 46.4 Å². The van der Waals surface area contributed by atoms with Gasteiger partial charge in [0.15, 0.2) is 21.6 Å². The first kappa shape index (κ1) is 19.3. The molecule has 0 aliphatic heterocycles. The van der Waals surface area contributed by atoms with Gasteiger partial charge in [-0.3, -0.25) is 4.79 Å². The van der Waals surface area contributed by atoms with Crippen molar-refractivity contribution in [3.8, 4) is 17.2 Å². The molecule has 140 valence electrons. The minimum atomic E-state index is -4.69. The van der Waals surface area contributed by atoms with E-state index in [-0.39, 0.29) is 22.8 Å². The first-order valence-electron chi connectivity index (χ1n) is 6.99. The van der Waals surface area contributed by atoms with Gasteiger partial charge in [-0.15, -0.1) is 0 Å². The summed E-state index contributed by atoms with van der Waals surface area (Å²) in [7, 11) is -0.434. The van der Waals surface area contributed by atoms with Crippen molar-refractivity contribution in [3.05, 3.63) is 35.6 Å². The zero-order chi connectivity index (χ0) is 19.3. The molecule has 26 heavy (non-hydrogen) atoms. The Labute approximate surface area is 149 Å². The highest BCUT2D eigenvalue weighted by Crippen LogP contribution is 2.38. The Bertz CT molecular complexity index is 908. The predicted molar refractivity (Wildman–Crippen MR) is 87.8 cm³/mol. The predicted octanol–water partition coefficient (Wildman–Crippen LogP) is 0.973. The molecule has 0 saturated heterocycles. The van der Waals surface area contributed by atoms with Crippen LogP contribution < -0.4 is 19.6 Å². The van der Waals surface area contributed by atoms with Gasteiger partial charge >= 0.3 is 0 Å². The molecule has 0 radical (unpaired) electrons. The second-order valence-electron chi connectivity index (χ2n) is 4.72. The maximum Gasteiger partial charge on any atom is 0.271 e. The van der Waals surface area contributed by atoms with E-state index in [1.807, 2.05) is 0 Å². The molecular weight excluding hydrogens is 368 g/mol. The number of hydrazone groups is 1. The normalized spacial score (nSPS) is 11.4. The van der Waals surface area contributed by atoms with Crippen LogP contribution in [0.15, 0.2) is 38.9 Å². The van der Waals surface area contributed by atoms with E-state index in [1.165, 1.54) is 39.5 Å². The second kappa shape index (κ2) is 7.89. The van der Waals surface area contributed by atoms with E-state index in [0.717, 1.165) is 12.3 Å². The fraction of sp³-hybridized carbons (Fsp3) is 0.200. The van der Waals surface area contributed by atoms with Gasteiger partial charge in [-0.2, -0.15) is 5.10 Å². The number of carbonyl (C=O) groups is 1. The summed E-state index contributed by atoms with van der Waals surface area (Å²) in [4.78, 5) is 12.2. The average Bonchev–Trinajstić information content (AvgIpc) is 3.09. The summed E-state index contributed by atoms with van der Waals surface area (Å²) >= 11 is 0. The van der Waals surface area contributed by atoms with Crippen LogP contribution in [0.3, 0.4) is 0 Å². The van der Waals surface area contributed by atoms with Gasteiger partial charge in [0.1, 0.15) is 5.76 Å². The summed E-state index contributed by atoms with van der Waals surface area (Å²) in [6, 6.07) is 5.08. The lowest BCUT2D eigenvalue weighted by atomic mass is 10.1. The number of methoxy groups -OCH3 is 3. The molecule has 0 unspecified atom stereocenters.